The number of carbonyl (C=O) groups is 3. The summed E-state index contributed by atoms with van der Waals surface area (Å²) in [5.74, 6) is -0.296. The van der Waals surface area contributed by atoms with Crippen LogP contribution in [0, 0.1) is 0 Å². The van der Waals surface area contributed by atoms with Gasteiger partial charge in [0, 0.05) is 44.8 Å². The number of rotatable bonds is 7. The molecule has 1 aromatic rings. The fraction of sp³-hybridized carbons (Fsp3) is 0.526. The van der Waals surface area contributed by atoms with Gasteiger partial charge >= 0.3 is 12.1 Å². The van der Waals surface area contributed by atoms with Crippen LogP contribution in [-0.2, 0) is 14.3 Å². The van der Waals surface area contributed by atoms with E-state index in [0.717, 1.165) is 5.69 Å². The zero-order valence-electron chi connectivity index (χ0n) is 15.9. The minimum atomic E-state index is -0.346. The Morgan fingerprint density at radius 2 is 1.52 bits per heavy atom. The monoisotopic (exact) mass is 377 g/mol. The number of anilines is 1. The molecule has 0 unspecified atom stereocenters. The molecule has 2 rings (SSSR count). The van der Waals surface area contributed by atoms with Gasteiger partial charge in [-0.1, -0.05) is 0 Å². The van der Waals surface area contributed by atoms with Crippen molar-refractivity contribution >= 4 is 23.7 Å². The summed E-state index contributed by atoms with van der Waals surface area (Å²) in [6.07, 6.45) is 0.0384. The van der Waals surface area contributed by atoms with E-state index < -0.39 is 0 Å². The third-order valence-electron chi connectivity index (χ3n) is 4.22. The second kappa shape index (κ2) is 10.4. The maximum atomic E-state index is 12.3. The first-order valence-corrected chi connectivity index (χ1v) is 9.25. The molecule has 2 amide bonds. The van der Waals surface area contributed by atoms with Crippen LogP contribution in [0.25, 0.3) is 0 Å². The standard InChI is InChI=1S/C19H27N3O5/c1-3-26-18(24)15-5-7-16(8-6-15)20-10-9-17(23)21-11-13-22(14-12-21)19(25)27-4-2/h5-8,20H,3-4,9-14H2,1-2H3. The fourth-order valence-corrected chi connectivity index (χ4v) is 2.76. The topological polar surface area (TPSA) is 88.2 Å². The van der Waals surface area contributed by atoms with E-state index in [1.54, 1.807) is 47.9 Å². The van der Waals surface area contributed by atoms with Crippen molar-refractivity contribution in [1.29, 1.82) is 0 Å². The average molecular weight is 377 g/mol. The Kier molecular flexibility index (Phi) is 7.91. The van der Waals surface area contributed by atoms with Gasteiger partial charge in [-0.05, 0) is 38.1 Å². The Labute approximate surface area is 159 Å². The van der Waals surface area contributed by atoms with Crippen molar-refractivity contribution in [2.75, 3.05) is 51.3 Å². The summed E-state index contributed by atoms with van der Waals surface area (Å²) in [5, 5.41) is 3.17. The maximum absolute atomic E-state index is 12.3. The van der Waals surface area contributed by atoms with E-state index in [-0.39, 0.29) is 18.0 Å². The molecule has 0 radical (unpaired) electrons. The summed E-state index contributed by atoms with van der Waals surface area (Å²) in [7, 11) is 0. The molecule has 8 nitrogen and oxygen atoms in total. The number of amides is 2. The van der Waals surface area contributed by atoms with Crippen molar-refractivity contribution in [3.05, 3.63) is 29.8 Å². The molecule has 0 bridgehead atoms. The lowest BCUT2D eigenvalue weighted by Gasteiger charge is -2.34. The van der Waals surface area contributed by atoms with Crippen LogP contribution in [0.2, 0.25) is 0 Å². The van der Waals surface area contributed by atoms with Crippen LogP contribution in [0.3, 0.4) is 0 Å². The molecule has 1 N–H and O–H groups in total. The Morgan fingerprint density at radius 3 is 2.11 bits per heavy atom. The van der Waals surface area contributed by atoms with E-state index in [9.17, 15) is 14.4 Å². The Balaban J connectivity index is 1.70. The van der Waals surface area contributed by atoms with E-state index in [0.29, 0.717) is 57.9 Å². The first kappa shape index (κ1) is 20.5. The molecular formula is C19H27N3O5. The maximum Gasteiger partial charge on any atom is 0.409 e. The van der Waals surface area contributed by atoms with Crippen LogP contribution < -0.4 is 5.32 Å². The zero-order chi connectivity index (χ0) is 19.6. The predicted octanol–water partition coefficient (Wildman–Crippen LogP) is 1.97. The van der Waals surface area contributed by atoms with E-state index >= 15 is 0 Å². The number of carbonyl (C=O) groups excluding carboxylic acids is 3. The highest BCUT2D eigenvalue weighted by molar-refractivity contribution is 5.89. The number of nitrogens with zero attached hydrogens (tertiary/aromatic N) is 2. The zero-order valence-corrected chi connectivity index (χ0v) is 15.9. The van der Waals surface area contributed by atoms with Crippen molar-refractivity contribution in [2.24, 2.45) is 0 Å². The van der Waals surface area contributed by atoms with Crippen molar-refractivity contribution in [3.8, 4) is 0 Å². The number of ether oxygens (including phenoxy) is 2. The molecule has 0 saturated carbocycles. The Bertz CT molecular complexity index is 639. The van der Waals surface area contributed by atoms with Crippen molar-refractivity contribution in [3.63, 3.8) is 0 Å². The predicted molar refractivity (Wildman–Crippen MR) is 101 cm³/mol. The summed E-state index contributed by atoms with van der Waals surface area (Å²) in [4.78, 5) is 39.0. The molecule has 1 heterocycles. The van der Waals surface area contributed by atoms with Crippen molar-refractivity contribution < 1.29 is 23.9 Å². The minimum Gasteiger partial charge on any atom is -0.462 e. The minimum absolute atomic E-state index is 0.0501. The van der Waals surface area contributed by atoms with E-state index in [1.807, 2.05) is 0 Å². The van der Waals surface area contributed by atoms with Gasteiger partial charge < -0.3 is 24.6 Å². The van der Waals surface area contributed by atoms with Crippen LogP contribution >= 0.6 is 0 Å². The summed E-state index contributed by atoms with van der Waals surface area (Å²) in [6, 6.07) is 6.96. The molecule has 1 fully saturated rings. The number of benzene rings is 1. The average Bonchev–Trinajstić information content (AvgIpc) is 2.69. The number of esters is 1. The number of piperazine rings is 1. The number of nitrogens with one attached hydrogen (secondary N) is 1. The van der Waals surface area contributed by atoms with E-state index in [1.165, 1.54) is 0 Å². The second-order valence-corrected chi connectivity index (χ2v) is 6.04. The van der Waals surface area contributed by atoms with Gasteiger partial charge in [-0.15, -0.1) is 0 Å². The number of hydrogen-bond acceptors (Lipinski definition) is 6. The summed E-state index contributed by atoms with van der Waals surface area (Å²) >= 11 is 0. The molecular weight excluding hydrogens is 350 g/mol. The van der Waals surface area contributed by atoms with Crippen LogP contribution in [0.1, 0.15) is 30.6 Å². The quantitative estimate of drug-likeness (QED) is 0.731. The smallest absolute Gasteiger partial charge is 0.409 e. The van der Waals surface area contributed by atoms with Crippen LogP contribution in [0.5, 0.6) is 0 Å². The van der Waals surface area contributed by atoms with Gasteiger partial charge in [-0.25, -0.2) is 9.59 Å². The first-order valence-electron chi connectivity index (χ1n) is 9.25. The van der Waals surface area contributed by atoms with Gasteiger partial charge in [-0.2, -0.15) is 0 Å². The SMILES string of the molecule is CCOC(=O)c1ccc(NCCC(=O)N2CCN(C(=O)OCC)CC2)cc1. The normalized spacial score (nSPS) is 13.9. The lowest BCUT2D eigenvalue weighted by molar-refractivity contribution is -0.132. The number of hydrogen-bond donors (Lipinski definition) is 1. The lowest BCUT2D eigenvalue weighted by Crippen LogP contribution is -2.50. The Hall–Kier alpha value is -2.77. The molecule has 0 aliphatic carbocycles. The molecule has 1 aliphatic rings. The van der Waals surface area contributed by atoms with Gasteiger partial charge in [-0.3, -0.25) is 4.79 Å². The molecule has 0 spiro atoms. The highest BCUT2D eigenvalue weighted by Gasteiger charge is 2.24. The van der Waals surface area contributed by atoms with Gasteiger partial charge in [0.05, 0.1) is 18.8 Å². The molecule has 1 aromatic carbocycles. The second-order valence-electron chi connectivity index (χ2n) is 6.04. The highest BCUT2D eigenvalue weighted by atomic mass is 16.6. The summed E-state index contributed by atoms with van der Waals surface area (Å²) in [6.45, 7) is 6.75. The van der Waals surface area contributed by atoms with Gasteiger partial charge in [0.25, 0.3) is 0 Å². The largest absolute Gasteiger partial charge is 0.462 e. The van der Waals surface area contributed by atoms with Gasteiger partial charge in [0.1, 0.15) is 0 Å². The van der Waals surface area contributed by atoms with E-state index in [2.05, 4.69) is 5.32 Å². The van der Waals surface area contributed by atoms with Crippen molar-refractivity contribution in [2.45, 2.75) is 20.3 Å². The molecule has 27 heavy (non-hydrogen) atoms. The lowest BCUT2D eigenvalue weighted by atomic mass is 10.2. The highest BCUT2D eigenvalue weighted by Crippen LogP contribution is 2.11. The van der Waals surface area contributed by atoms with Crippen LogP contribution in [-0.4, -0.2) is 73.7 Å². The molecule has 148 valence electrons. The van der Waals surface area contributed by atoms with Crippen molar-refractivity contribution in [1.82, 2.24) is 9.80 Å². The molecule has 1 aliphatic heterocycles. The molecule has 1 saturated heterocycles. The van der Waals surface area contributed by atoms with Gasteiger partial charge in [0.2, 0.25) is 5.91 Å². The van der Waals surface area contributed by atoms with Gasteiger partial charge in [0.15, 0.2) is 0 Å². The third kappa shape index (κ3) is 6.16. The Morgan fingerprint density at radius 1 is 0.926 bits per heavy atom. The molecule has 0 aromatic heterocycles. The summed E-state index contributed by atoms with van der Waals surface area (Å²) in [5.41, 5.74) is 1.33. The van der Waals surface area contributed by atoms with Crippen LogP contribution in [0.15, 0.2) is 24.3 Å². The van der Waals surface area contributed by atoms with Crippen LogP contribution in [0.4, 0.5) is 10.5 Å². The first-order chi connectivity index (χ1) is 13.0. The third-order valence-corrected chi connectivity index (χ3v) is 4.22. The molecule has 0 atom stereocenters. The molecule has 8 heteroatoms. The fourth-order valence-electron chi connectivity index (χ4n) is 2.76. The van der Waals surface area contributed by atoms with E-state index in [4.69, 9.17) is 9.47 Å². The summed E-state index contributed by atoms with van der Waals surface area (Å²) < 4.78 is 9.91.